The van der Waals surface area contributed by atoms with Gasteiger partial charge in [-0.25, -0.2) is 0 Å². The molecule has 8 N–H and O–H groups in total. The van der Waals surface area contributed by atoms with Crippen molar-refractivity contribution in [2.45, 2.75) is 403 Å². The molecule has 11 nitrogen and oxygen atoms in total. The van der Waals surface area contributed by atoms with Gasteiger partial charge in [-0.15, -0.1) is 0 Å². The molecule has 9 unspecified atom stereocenters. The fourth-order valence-corrected chi connectivity index (χ4v) is 11.8. The van der Waals surface area contributed by atoms with E-state index in [4.69, 9.17) is 9.47 Å². The van der Waals surface area contributed by atoms with Gasteiger partial charge in [0.1, 0.15) is 36.6 Å². The zero-order chi connectivity index (χ0) is 63.1. The first-order valence-electron chi connectivity index (χ1n) is 37.2. The summed E-state index contributed by atoms with van der Waals surface area (Å²) in [6, 6.07) is -1.20. The van der Waals surface area contributed by atoms with Crippen LogP contribution < -0.4 is 5.32 Å². The standard InChI is InChI=1S/C76H141NO10/c1-3-5-7-9-11-13-15-17-19-21-23-25-27-29-31-33-34-35-36-38-39-41-43-45-47-49-51-53-55-57-59-61-63-68(79)71(81)67(66-86-76-74(84)73(83)72(82)70(65-78)87-76)77-75(85)69(80)64-62-60-58-56-54-52-50-48-46-44-42-40-37-32-30-28-26-24-22-20-18-16-14-12-10-8-6-4-2/h24,26,30,32,39,41,47,49,55,57,67-74,76,78-84H,3-23,25,27-29,31,33-38,40,42-46,48,50-54,56,58-66H2,1-2H3,(H,77,85)/b26-24-,32-30-,41-39+,49-47+,57-55+. The highest BCUT2D eigenvalue weighted by molar-refractivity contribution is 5.80. The summed E-state index contributed by atoms with van der Waals surface area (Å²) in [4.78, 5) is 13.3. The van der Waals surface area contributed by atoms with Crippen molar-refractivity contribution < 1.29 is 50.0 Å². The number of aliphatic hydroxyl groups is 7. The van der Waals surface area contributed by atoms with Crippen molar-refractivity contribution >= 4 is 5.91 Å². The van der Waals surface area contributed by atoms with Crippen LogP contribution in [-0.2, 0) is 14.3 Å². The van der Waals surface area contributed by atoms with Gasteiger partial charge in [-0.2, -0.15) is 0 Å². The van der Waals surface area contributed by atoms with Gasteiger partial charge in [0.25, 0.3) is 0 Å². The lowest BCUT2D eigenvalue weighted by Gasteiger charge is -2.40. The number of ether oxygens (including phenoxy) is 2. The number of carbonyl (C=O) groups is 1. The van der Waals surface area contributed by atoms with Crippen LogP contribution in [0, 0.1) is 0 Å². The van der Waals surface area contributed by atoms with Crippen molar-refractivity contribution in [1.29, 1.82) is 0 Å². The molecule has 9 atom stereocenters. The maximum absolute atomic E-state index is 13.3. The van der Waals surface area contributed by atoms with Gasteiger partial charge < -0.3 is 50.5 Å². The molecule has 1 aliphatic rings. The Bertz CT molecular complexity index is 1600. The number of carbonyl (C=O) groups excluding carboxylic acids is 1. The molecule has 510 valence electrons. The zero-order valence-electron chi connectivity index (χ0n) is 56.5. The highest BCUT2D eigenvalue weighted by atomic mass is 16.7. The molecule has 11 heteroatoms. The van der Waals surface area contributed by atoms with E-state index in [2.05, 4.69) is 79.9 Å². The number of rotatable bonds is 65. The molecule has 0 saturated carbocycles. The Hall–Kier alpha value is -2.19. The van der Waals surface area contributed by atoms with E-state index in [9.17, 15) is 40.5 Å². The van der Waals surface area contributed by atoms with Crippen LogP contribution in [0.2, 0.25) is 0 Å². The SMILES string of the molecule is CCCCCCCCCCC/C=C\C/C=C\CCCCCCCCCCCCCCC(O)C(=O)NC(COC1OC(CO)C(O)C(O)C1O)C(O)C(O)CCC/C=C/CC/C=C/CC/C=C/CCCCCCCCCCCCCCCCCCCCC. The molecule has 1 amide bonds. The molecule has 0 radical (unpaired) electrons. The summed E-state index contributed by atoms with van der Waals surface area (Å²) in [6.45, 7) is 3.48. The number of allylic oxidation sites excluding steroid dienone is 10. The lowest BCUT2D eigenvalue weighted by molar-refractivity contribution is -0.303. The maximum atomic E-state index is 13.3. The minimum atomic E-state index is -1.68. The highest BCUT2D eigenvalue weighted by Crippen LogP contribution is 2.24. The van der Waals surface area contributed by atoms with E-state index >= 15 is 0 Å². The van der Waals surface area contributed by atoms with Crippen molar-refractivity contribution in [3.8, 4) is 0 Å². The quantitative estimate of drug-likeness (QED) is 0.0215. The third kappa shape index (κ3) is 51.1. The fourth-order valence-electron chi connectivity index (χ4n) is 11.8. The normalized spacial score (nSPS) is 19.0. The lowest BCUT2D eigenvalue weighted by atomic mass is 9.98. The number of aliphatic hydroxyl groups excluding tert-OH is 7. The van der Waals surface area contributed by atoms with E-state index in [1.807, 2.05) is 0 Å². The molecule has 87 heavy (non-hydrogen) atoms. The van der Waals surface area contributed by atoms with Gasteiger partial charge in [-0.1, -0.05) is 312 Å². The average molecular weight is 1230 g/mol. The van der Waals surface area contributed by atoms with Crippen molar-refractivity contribution in [3.63, 3.8) is 0 Å². The molecule has 0 aromatic heterocycles. The molecule has 0 aromatic carbocycles. The summed E-state index contributed by atoms with van der Waals surface area (Å²) in [7, 11) is 0. The highest BCUT2D eigenvalue weighted by Gasteiger charge is 2.44. The Morgan fingerprint density at radius 3 is 1.09 bits per heavy atom. The van der Waals surface area contributed by atoms with Crippen LogP contribution in [0.5, 0.6) is 0 Å². The second-order valence-electron chi connectivity index (χ2n) is 26.0. The summed E-state index contributed by atoms with van der Waals surface area (Å²) < 4.78 is 11.2. The maximum Gasteiger partial charge on any atom is 0.249 e. The summed E-state index contributed by atoms with van der Waals surface area (Å²) in [6.07, 6.45) is 74.6. The molecule has 1 saturated heterocycles. The van der Waals surface area contributed by atoms with E-state index in [0.29, 0.717) is 19.3 Å². The van der Waals surface area contributed by atoms with Gasteiger partial charge in [0.2, 0.25) is 5.91 Å². The largest absolute Gasteiger partial charge is 0.394 e. The summed E-state index contributed by atoms with van der Waals surface area (Å²) in [5.74, 6) is -0.711. The topological polar surface area (TPSA) is 189 Å². The van der Waals surface area contributed by atoms with Gasteiger partial charge in [0, 0.05) is 0 Å². The summed E-state index contributed by atoms with van der Waals surface area (Å²) in [5, 5.41) is 76.5. The van der Waals surface area contributed by atoms with Crippen LogP contribution >= 0.6 is 0 Å². The average Bonchev–Trinajstić information content (AvgIpc) is 1.97. The third-order valence-electron chi connectivity index (χ3n) is 17.7. The van der Waals surface area contributed by atoms with E-state index in [0.717, 1.165) is 51.4 Å². The van der Waals surface area contributed by atoms with Gasteiger partial charge in [-0.3, -0.25) is 4.79 Å². The van der Waals surface area contributed by atoms with Crippen LogP contribution in [0.3, 0.4) is 0 Å². The molecule has 1 rings (SSSR count). The zero-order valence-corrected chi connectivity index (χ0v) is 56.5. The first-order valence-corrected chi connectivity index (χ1v) is 37.2. The Labute approximate surface area is 535 Å². The van der Waals surface area contributed by atoms with E-state index in [1.54, 1.807) is 0 Å². The molecular formula is C76H141NO10. The second kappa shape index (κ2) is 63.9. The van der Waals surface area contributed by atoms with Crippen molar-refractivity contribution in [3.05, 3.63) is 60.8 Å². The van der Waals surface area contributed by atoms with Crippen LogP contribution in [-0.4, -0.2) is 110 Å². The Morgan fingerprint density at radius 2 is 0.724 bits per heavy atom. The number of hydrogen-bond donors (Lipinski definition) is 8. The first kappa shape index (κ1) is 82.8. The van der Waals surface area contributed by atoms with E-state index < -0.39 is 74.2 Å². The summed E-state index contributed by atoms with van der Waals surface area (Å²) >= 11 is 0. The second-order valence-corrected chi connectivity index (χ2v) is 26.0. The lowest BCUT2D eigenvalue weighted by Crippen LogP contribution is -2.60. The van der Waals surface area contributed by atoms with Crippen LogP contribution in [0.15, 0.2) is 60.8 Å². The smallest absolute Gasteiger partial charge is 0.249 e. The molecule has 0 spiro atoms. The van der Waals surface area contributed by atoms with Crippen LogP contribution in [0.25, 0.3) is 0 Å². The third-order valence-corrected chi connectivity index (χ3v) is 17.7. The predicted octanol–water partition coefficient (Wildman–Crippen LogP) is 18.5. The monoisotopic (exact) mass is 1230 g/mol. The Morgan fingerprint density at radius 1 is 0.402 bits per heavy atom. The molecule has 1 fully saturated rings. The molecular weight excluding hydrogens is 1090 g/mol. The predicted molar refractivity (Wildman–Crippen MR) is 367 cm³/mol. The minimum Gasteiger partial charge on any atom is -0.394 e. The van der Waals surface area contributed by atoms with Gasteiger partial charge >= 0.3 is 0 Å². The van der Waals surface area contributed by atoms with Gasteiger partial charge in [0.15, 0.2) is 6.29 Å². The summed E-state index contributed by atoms with van der Waals surface area (Å²) in [5.41, 5.74) is 0. The number of hydrogen-bond acceptors (Lipinski definition) is 10. The molecule has 1 aliphatic heterocycles. The van der Waals surface area contributed by atoms with Crippen molar-refractivity contribution in [2.24, 2.45) is 0 Å². The van der Waals surface area contributed by atoms with E-state index in [1.165, 1.54) is 250 Å². The number of nitrogens with one attached hydrogen (secondary N) is 1. The van der Waals surface area contributed by atoms with Crippen molar-refractivity contribution in [1.82, 2.24) is 5.32 Å². The number of amides is 1. The van der Waals surface area contributed by atoms with Gasteiger partial charge in [0.05, 0.1) is 25.4 Å². The molecule has 0 bridgehead atoms. The van der Waals surface area contributed by atoms with Crippen LogP contribution in [0.1, 0.15) is 348 Å². The Balaban J connectivity index is 2.22. The van der Waals surface area contributed by atoms with Crippen molar-refractivity contribution in [2.75, 3.05) is 13.2 Å². The molecule has 0 aromatic rings. The fraction of sp³-hybridized carbons (Fsp3) is 0.855. The van der Waals surface area contributed by atoms with E-state index in [-0.39, 0.29) is 12.8 Å². The first-order chi connectivity index (χ1) is 42.7. The Kier molecular flexibility index (Phi) is 60.9. The van der Waals surface area contributed by atoms with Crippen LogP contribution in [0.4, 0.5) is 0 Å². The number of unbranched alkanes of at least 4 members (excludes halogenated alkanes) is 43. The van der Waals surface area contributed by atoms with Gasteiger partial charge in [-0.05, 0) is 96.3 Å². The minimum absolute atomic E-state index is 0.240. The molecule has 0 aliphatic carbocycles. The molecule has 1 heterocycles.